The Labute approximate surface area is 184 Å². The predicted octanol–water partition coefficient (Wildman–Crippen LogP) is 4.73. The predicted molar refractivity (Wildman–Crippen MR) is 118 cm³/mol. The van der Waals surface area contributed by atoms with Crippen LogP contribution in [-0.4, -0.2) is 40.5 Å². The summed E-state index contributed by atoms with van der Waals surface area (Å²) in [6, 6.07) is 6.14. The Morgan fingerprint density at radius 3 is 2.61 bits per heavy atom. The van der Waals surface area contributed by atoms with Gasteiger partial charge in [0.1, 0.15) is 5.82 Å². The zero-order chi connectivity index (χ0) is 21.7. The normalized spacial score (nSPS) is 13.5. The van der Waals surface area contributed by atoms with Crippen LogP contribution in [0.2, 0.25) is 0 Å². The number of carbonyl (C=O) groups excluding carboxylic acids is 2. The maximum Gasteiger partial charge on any atom is 0.338 e. The lowest BCUT2D eigenvalue weighted by Crippen LogP contribution is -2.39. The van der Waals surface area contributed by atoms with Crippen LogP contribution >= 0.6 is 22.7 Å². The molecule has 10 heteroatoms. The van der Waals surface area contributed by atoms with Crippen molar-refractivity contribution in [3.63, 3.8) is 0 Å². The molecule has 2 aromatic heterocycles. The Morgan fingerprint density at radius 2 is 1.84 bits per heavy atom. The molecule has 158 valence electrons. The summed E-state index contributed by atoms with van der Waals surface area (Å²) in [5.74, 6) is -0.925. The van der Waals surface area contributed by atoms with Crippen LogP contribution in [0.5, 0.6) is 0 Å². The Bertz CT molecular complexity index is 1360. The maximum atomic E-state index is 14.3. The van der Waals surface area contributed by atoms with E-state index in [-0.39, 0.29) is 24.0 Å². The topological polar surface area (TPSA) is 84.4 Å². The van der Waals surface area contributed by atoms with E-state index >= 15 is 0 Å². The molecule has 1 aliphatic rings. The van der Waals surface area contributed by atoms with Gasteiger partial charge in [-0.3, -0.25) is 5.32 Å². The van der Waals surface area contributed by atoms with Crippen LogP contribution in [-0.2, 0) is 17.7 Å². The summed E-state index contributed by atoms with van der Waals surface area (Å²) in [5.41, 5.74) is 2.94. The van der Waals surface area contributed by atoms with Crippen molar-refractivity contribution in [3.8, 4) is 0 Å². The number of methoxy groups -OCH3 is 1. The van der Waals surface area contributed by atoms with Crippen LogP contribution < -0.4 is 5.32 Å². The van der Waals surface area contributed by atoms with E-state index < -0.39 is 5.97 Å². The highest BCUT2D eigenvalue weighted by Gasteiger charge is 2.28. The van der Waals surface area contributed by atoms with Crippen LogP contribution in [0.25, 0.3) is 20.4 Å². The number of aryl methyl sites for hydroxylation is 1. The number of carbonyl (C=O) groups is 2. The van der Waals surface area contributed by atoms with E-state index in [1.54, 1.807) is 16.2 Å². The number of nitrogens with zero attached hydrogens (tertiary/aromatic N) is 3. The maximum absolute atomic E-state index is 14.3. The molecule has 3 heterocycles. The van der Waals surface area contributed by atoms with E-state index in [9.17, 15) is 14.0 Å². The number of halogens is 1. The number of benzene rings is 2. The first-order chi connectivity index (χ1) is 14.9. The van der Waals surface area contributed by atoms with Crippen molar-refractivity contribution in [1.82, 2.24) is 14.9 Å². The fourth-order valence-corrected chi connectivity index (χ4v) is 5.81. The van der Waals surface area contributed by atoms with E-state index in [2.05, 4.69) is 15.3 Å². The van der Waals surface area contributed by atoms with Crippen molar-refractivity contribution < 1.29 is 18.7 Å². The molecule has 0 saturated heterocycles. The first-order valence-electron chi connectivity index (χ1n) is 9.56. The summed E-state index contributed by atoms with van der Waals surface area (Å²) in [6.07, 6.45) is 0.319. The minimum atomic E-state index is -0.548. The molecule has 1 N–H and O–H groups in total. The van der Waals surface area contributed by atoms with Gasteiger partial charge in [-0.2, -0.15) is 0 Å². The molecular weight excluding hydrogens is 439 g/mol. The van der Waals surface area contributed by atoms with Crippen LogP contribution in [0, 0.1) is 12.7 Å². The monoisotopic (exact) mass is 456 g/mol. The van der Waals surface area contributed by atoms with Gasteiger partial charge in [0.2, 0.25) is 0 Å². The number of anilines is 1. The van der Waals surface area contributed by atoms with Crippen molar-refractivity contribution in [2.45, 2.75) is 19.9 Å². The molecule has 0 saturated carbocycles. The first kappa shape index (κ1) is 19.8. The minimum absolute atomic E-state index is 0.118. The third-order valence-corrected chi connectivity index (χ3v) is 7.42. The second kappa shape index (κ2) is 7.54. The Kier molecular flexibility index (Phi) is 4.82. The molecule has 0 unspecified atom stereocenters. The smallest absolute Gasteiger partial charge is 0.338 e. The standard InChI is InChI=1S/C21H17FN4O3S2/c1-10-23-15-5-6-16-18(17(15)30-10)31-20(24-16)25-21(28)26-8-7-11-13(9-26)12(19(27)29-2)3-4-14(11)22/h3-6H,7-9H2,1-2H3,(H,24,25,28). The van der Waals surface area contributed by atoms with Gasteiger partial charge in [0, 0.05) is 13.1 Å². The largest absolute Gasteiger partial charge is 0.465 e. The van der Waals surface area contributed by atoms with Gasteiger partial charge in [0.05, 0.1) is 38.1 Å². The number of urea groups is 1. The van der Waals surface area contributed by atoms with Gasteiger partial charge in [0.25, 0.3) is 0 Å². The number of esters is 1. The summed E-state index contributed by atoms with van der Waals surface area (Å²) in [6.45, 7) is 2.41. The van der Waals surface area contributed by atoms with Gasteiger partial charge < -0.3 is 9.64 Å². The lowest BCUT2D eigenvalue weighted by Gasteiger charge is -2.30. The number of hydrogen-bond donors (Lipinski definition) is 1. The van der Waals surface area contributed by atoms with Crippen LogP contribution in [0.3, 0.4) is 0 Å². The van der Waals surface area contributed by atoms with Gasteiger partial charge in [-0.15, -0.1) is 11.3 Å². The summed E-state index contributed by atoms with van der Waals surface area (Å²) in [7, 11) is 1.28. The Morgan fingerprint density at radius 1 is 1.10 bits per heavy atom. The molecule has 2 aromatic carbocycles. The summed E-state index contributed by atoms with van der Waals surface area (Å²) >= 11 is 3.00. The van der Waals surface area contributed by atoms with E-state index in [4.69, 9.17) is 4.74 Å². The van der Waals surface area contributed by atoms with Crippen molar-refractivity contribution in [2.75, 3.05) is 19.0 Å². The molecule has 0 bridgehead atoms. The number of nitrogens with one attached hydrogen (secondary N) is 1. The van der Waals surface area contributed by atoms with Crippen molar-refractivity contribution in [3.05, 3.63) is 51.8 Å². The SMILES string of the molecule is COC(=O)c1ccc(F)c2c1CN(C(=O)Nc1nc3ccc4nc(C)sc4c3s1)CC2. The molecule has 31 heavy (non-hydrogen) atoms. The zero-order valence-corrected chi connectivity index (χ0v) is 18.3. The lowest BCUT2D eigenvalue weighted by molar-refractivity contribution is 0.0597. The lowest BCUT2D eigenvalue weighted by atomic mass is 9.94. The highest BCUT2D eigenvalue weighted by Crippen LogP contribution is 2.36. The van der Waals surface area contributed by atoms with E-state index in [0.717, 1.165) is 25.4 Å². The molecule has 0 fully saturated rings. The highest BCUT2D eigenvalue weighted by atomic mass is 32.1. The Hall–Kier alpha value is -3.11. The third kappa shape index (κ3) is 3.41. The summed E-state index contributed by atoms with van der Waals surface area (Å²) in [4.78, 5) is 35.6. The van der Waals surface area contributed by atoms with Crippen molar-refractivity contribution >= 4 is 60.2 Å². The highest BCUT2D eigenvalue weighted by molar-refractivity contribution is 7.28. The third-order valence-electron chi connectivity index (χ3n) is 5.28. The molecular formula is C21H17FN4O3S2. The number of ether oxygens (including phenoxy) is 1. The fraction of sp³-hybridized carbons (Fsp3) is 0.238. The average molecular weight is 457 g/mol. The van der Waals surface area contributed by atoms with Gasteiger partial charge in [-0.1, -0.05) is 11.3 Å². The van der Waals surface area contributed by atoms with Gasteiger partial charge in [-0.05, 0) is 48.7 Å². The quantitative estimate of drug-likeness (QED) is 0.441. The van der Waals surface area contributed by atoms with E-state index in [1.807, 2.05) is 19.1 Å². The van der Waals surface area contributed by atoms with Crippen molar-refractivity contribution in [1.29, 1.82) is 0 Å². The zero-order valence-electron chi connectivity index (χ0n) is 16.7. The van der Waals surface area contributed by atoms with Gasteiger partial charge in [-0.25, -0.2) is 23.9 Å². The van der Waals surface area contributed by atoms with Crippen LogP contribution in [0.1, 0.15) is 26.5 Å². The number of thiazole rings is 2. The number of rotatable bonds is 2. The molecule has 0 atom stereocenters. The van der Waals surface area contributed by atoms with Crippen LogP contribution in [0.15, 0.2) is 24.3 Å². The number of amides is 2. The molecule has 1 aliphatic heterocycles. The molecule has 0 spiro atoms. The average Bonchev–Trinajstić information content (AvgIpc) is 3.35. The summed E-state index contributed by atoms with van der Waals surface area (Å²) in [5, 5.41) is 4.31. The van der Waals surface area contributed by atoms with Crippen LogP contribution in [0.4, 0.5) is 14.3 Å². The summed E-state index contributed by atoms with van der Waals surface area (Å²) < 4.78 is 21.1. The number of fused-ring (bicyclic) bond motifs is 4. The van der Waals surface area contributed by atoms with E-state index in [1.165, 1.54) is 30.6 Å². The van der Waals surface area contributed by atoms with Gasteiger partial charge in [0.15, 0.2) is 5.13 Å². The molecule has 5 rings (SSSR count). The molecule has 2 amide bonds. The van der Waals surface area contributed by atoms with E-state index in [0.29, 0.717) is 29.2 Å². The number of hydrogen-bond acceptors (Lipinski definition) is 7. The fourth-order valence-electron chi connectivity index (χ4n) is 3.81. The molecule has 0 aliphatic carbocycles. The number of aromatic nitrogens is 2. The molecule has 0 radical (unpaired) electrons. The first-order valence-corrected chi connectivity index (χ1v) is 11.2. The Balaban J connectivity index is 1.41. The second-order valence-electron chi connectivity index (χ2n) is 7.16. The molecule has 7 nitrogen and oxygen atoms in total. The van der Waals surface area contributed by atoms with Gasteiger partial charge >= 0.3 is 12.0 Å². The minimum Gasteiger partial charge on any atom is -0.465 e. The second-order valence-corrected chi connectivity index (χ2v) is 9.36. The van der Waals surface area contributed by atoms with Crippen molar-refractivity contribution in [2.24, 2.45) is 0 Å². The molecule has 4 aromatic rings.